The van der Waals surface area contributed by atoms with Gasteiger partial charge in [0.25, 0.3) is 0 Å². The Hall–Kier alpha value is -0.180. The lowest BCUT2D eigenvalue weighted by Gasteiger charge is -2.09. The van der Waals surface area contributed by atoms with Crippen molar-refractivity contribution in [2.45, 2.75) is 17.9 Å². The number of hydrogen-bond acceptors (Lipinski definition) is 4. The van der Waals surface area contributed by atoms with Crippen LogP contribution >= 0.6 is 27.5 Å². The Morgan fingerprint density at radius 3 is 2.68 bits per heavy atom. The molecule has 0 fully saturated rings. The highest BCUT2D eigenvalue weighted by molar-refractivity contribution is 9.10. The Kier molecular flexibility index (Phi) is 6.72. The number of sulfonamides is 1. The SMILES string of the molecule is CC(O)CNCCNS(=O)(=O)c1ccc(Cl)c(Br)c1. The summed E-state index contributed by atoms with van der Waals surface area (Å²) in [6.45, 7) is 2.77. The molecule has 3 N–H and O–H groups in total. The second-order valence-corrected chi connectivity index (χ2v) is 7.06. The monoisotopic (exact) mass is 370 g/mol. The van der Waals surface area contributed by atoms with Crippen molar-refractivity contribution in [3.63, 3.8) is 0 Å². The Morgan fingerprint density at radius 1 is 1.42 bits per heavy atom. The molecule has 1 aromatic rings. The zero-order chi connectivity index (χ0) is 14.5. The maximum atomic E-state index is 11.9. The normalized spacial score (nSPS) is 13.5. The van der Waals surface area contributed by atoms with E-state index in [1.54, 1.807) is 6.92 Å². The minimum absolute atomic E-state index is 0.152. The van der Waals surface area contributed by atoms with Gasteiger partial charge in [0.15, 0.2) is 0 Å². The van der Waals surface area contributed by atoms with Gasteiger partial charge < -0.3 is 10.4 Å². The van der Waals surface area contributed by atoms with Crippen molar-refractivity contribution in [2.24, 2.45) is 0 Å². The third-order valence-electron chi connectivity index (χ3n) is 2.23. The first-order valence-electron chi connectivity index (χ1n) is 5.66. The molecule has 8 heteroatoms. The maximum Gasteiger partial charge on any atom is 0.240 e. The van der Waals surface area contributed by atoms with E-state index in [4.69, 9.17) is 16.7 Å². The van der Waals surface area contributed by atoms with Crippen molar-refractivity contribution < 1.29 is 13.5 Å². The summed E-state index contributed by atoms with van der Waals surface area (Å²) < 4.78 is 26.9. The summed E-state index contributed by atoms with van der Waals surface area (Å²) in [6.07, 6.45) is -0.455. The van der Waals surface area contributed by atoms with E-state index in [0.29, 0.717) is 22.6 Å². The van der Waals surface area contributed by atoms with Gasteiger partial charge in [-0.15, -0.1) is 0 Å². The molecule has 0 saturated heterocycles. The zero-order valence-electron chi connectivity index (χ0n) is 10.4. The zero-order valence-corrected chi connectivity index (χ0v) is 13.5. The molecule has 5 nitrogen and oxygen atoms in total. The van der Waals surface area contributed by atoms with Crippen molar-refractivity contribution in [3.8, 4) is 0 Å². The van der Waals surface area contributed by atoms with E-state index < -0.39 is 16.1 Å². The van der Waals surface area contributed by atoms with E-state index in [9.17, 15) is 8.42 Å². The minimum atomic E-state index is -3.54. The predicted molar refractivity (Wildman–Crippen MR) is 78.9 cm³/mol. The fourth-order valence-electron chi connectivity index (χ4n) is 1.31. The molecule has 0 aliphatic rings. The van der Waals surface area contributed by atoms with Crippen LogP contribution in [0.15, 0.2) is 27.6 Å². The average Bonchev–Trinajstić information content (AvgIpc) is 2.31. The highest BCUT2D eigenvalue weighted by atomic mass is 79.9. The number of halogens is 2. The Balaban J connectivity index is 2.54. The van der Waals surface area contributed by atoms with Crippen LogP contribution in [0.3, 0.4) is 0 Å². The first-order valence-corrected chi connectivity index (χ1v) is 8.32. The second kappa shape index (κ2) is 7.56. The largest absolute Gasteiger partial charge is 0.392 e. The van der Waals surface area contributed by atoms with Gasteiger partial charge in [-0.3, -0.25) is 0 Å². The average molecular weight is 372 g/mol. The van der Waals surface area contributed by atoms with Gasteiger partial charge in [-0.05, 0) is 41.1 Å². The van der Waals surface area contributed by atoms with Gasteiger partial charge >= 0.3 is 0 Å². The molecule has 1 rings (SSSR count). The van der Waals surface area contributed by atoms with Crippen LogP contribution in [-0.4, -0.2) is 39.3 Å². The van der Waals surface area contributed by atoms with Gasteiger partial charge in [-0.2, -0.15) is 0 Å². The molecule has 1 aromatic carbocycles. The Labute approximate surface area is 126 Å². The smallest absolute Gasteiger partial charge is 0.240 e. The molecule has 0 aromatic heterocycles. The summed E-state index contributed by atoms with van der Waals surface area (Å²) in [5.41, 5.74) is 0. The molecule has 108 valence electrons. The lowest BCUT2D eigenvalue weighted by molar-refractivity contribution is 0.192. The molecule has 0 amide bonds. The van der Waals surface area contributed by atoms with Crippen molar-refractivity contribution >= 4 is 37.6 Å². The van der Waals surface area contributed by atoms with Crippen LogP contribution < -0.4 is 10.0 Å². The second-order valence-electron chi connectivity index (χ2n) is 4.03. The molecule has 19 heavy (non-hydrogen) atoms. The molecule has 0 saturated carbocycles. The molecular formula is C11H16BrClN2O3S. The fraction of sp³-hybridized carbons (Fsp3) is 0.455. The number of nitrogens with one attached hydrogen (secondary N) is 2. The van der Waals surface area contributed by atoms with Gasteiger partial charge in [-0.25, -0.2) is 13.1 Å². The number of hydrogen-bond donors (Lipinski definition) is 3. The molecule has 0 radical (unpaired) electrons. The van der Waals surface area contributed by atoms with Crippen molar-refractivity contribution in [2.75, 3.05) is 19.6 Å². The first-order chi connectivity index (χ1) is 8.83. The number of aliphatic hydroxyl groups is 1. The third-order valence-corrected chi connectivity index (χ3v) is 4.91. The summed E-state index contributed by atoms with van der Waals surface area (Å²) in [6, 6.07) is 4.42. The van der Waals surface area contributed by atoms with E-state index in [2.05, 4.69) is 26.0 Å². The Bertz CT molecular complexity index is 523. The standard InChI is InChI=1S/C11H16BrClN2O3S/c1-8(16)7-14-4-5-15-19(17,18)9-2-3-11(13)10(12)6-9/h2-3,6,8,14-16H,4-5,7H2,1H3. The third kappa shape index (κ3) is 5.76. The van der Waals surface area contributed by atoms with E-state index in [1.807, 2.05) is 0 Å². The van der Waals surface area contributed by atoms with Gasteiger partial charge in [0.2, 0.25) is 10.0 Å². The van der Waals surface area contributed by atoms with E-state index >= 15 is 0 Å². The molecule has 0 aliphatic heterocycles. The van der Waals surface area contributed by atoms with Crippen LogP contribution in [0.5, 0.6) is 0 Å². The lowest BCUT2D eigenvalue weighted by atomic mass is 10.4. The van der Waals surface area contributed by atoms with Crippen molar-refractivity contribution in [3.05, 3.63) is 27.7 Å². The molecular weight excluding hydrogens is 356 g/mol. The molecule has 0 spiro atoms. The van der Waals surface area contributed by atoms with Crippen LogP contribution in [-0.2, 0) is 10.0 Å². The van der Waals surface area contributed by atoms with Crippen LogP contribution in [0, 0.1) is 0 Å². The van der Waals surface area contributed by atoms with E-state index in [-0.39, 0.29) is 11.4 Å². The number of benzene rings is 1. The number of rotatable bonds is 7. The summed E-state index contributed by atoms with van der Waals surface area (Å²) in [7, 11) is -3.54. The van der Waals surface area contributed by atoms with Gasteiger partial charge in [0.05, 0.1) is 16.0 Å². The minimum Gasteiger partial charge on any atom is -0.392 e. The molecule has 0 bridgehead atoms. The van der Waals surface area contributed by atoms with Crippen LogP contribution in [0.25, 0.3) is 0 Å². The van der Waals surface area contributed by atoms with Gasteiger partial charge in [0, 0.05) is 24.1 Å². The topological polar surface area (TPSA) is 78.4 Å². The van der Waals surface area contributed by atoms with Crippen molar-refractivity contribution in [1.29, 1.82) is 0 Å². The van der Waals surface area contributed by atoms with Crippen molar-refractivity contribution in [1.82, 2.24) is 10.0 Å². The van der Waals surface area contributed by atoms with E-state index in [0.717, 1.165) is 0 Å². The summed E-state index contributed by atoms with van der Waals surface area (Å²) >= 11 is 8.99. The molecule has 1 unspecified atom stereocenters. The van der Waals surface area contributed by atoms with Crippen LogP contribution in [0.2, 0.25) is 5.02 Å². The maximum absolute atomic E-state index is 11.9. The summed E-state index contributed by atoms with van der Waals surface area (Å²) in [5.74, 6) is 0. The highest BCUT2D eigenvalue weighted by Crippen LogP contribution is 2.25. The highest BCUT2D eigenvalue weighted by Gasteiger charge is 2.14. The lowest BCUT2D eigenvalue weighted by Crippen LogP contribution is -2.34. The number of aliphatic hydroxyl groups excluding tert-OH is 1. The fourth-order valence-corrected chi connectivity index (χ4v) is 3.02. The quantitative estimate of drug-likeness (QED) is 0.632. The molecule has 0 aliphatic carbocycles. The van der Waals surface area contributed by atoms with E-state index in [1.165, 1.54) is 18.2 Å². The predicted octanol–water partition coefficient (Wildman–Crippen LogP) is 1.35. The molecule has 0 heterocycles. The van der Waals surface area contributed by atoms with Gasteiger partial charge in [0.1, 0.15) is 0 Å². The summed E-state index contributed by atoms with van der Waals surface area (Å²) in [4.78, 5) is 0.152. The van der Waals surface area contributed by atoms with Gasteiger partial charge in [-0.1, -0.05) is 11.6 Å². The Morgan fingerprint density at radius 2 is 2.11 bits per heavy atom. The van der Waals surface area contributed by atoms with Crippen LogP contribution in [0.1, 0.15) is 6.92 Å². The first kappa shape index (κ1) is 16.9. The molecule has 1 atom stereocenters. The van der Waals surface area contributed by atoms with Crippen LogP contribution in [0.4, 0.5) is 0 Å². The summed E-state index contributed by atoms with van der Waals surface area (Å²) in [5, 5.41) is 12.4.